The second-order valence-corrected chi connectivity index (χ2v) is 9.56. The number of esters is 2. The van der Waals surface area contributed by atoms with Crippen LogP contribution in [0, 0.1) is 11.8 Å². The topological polar surface area (TPSA) is 110 Å². The molecule has 1 aromatic heterocycles. The van der Waals surface area contributed by atoms with Gasteiger partial charge in [0.05, 0.1) is 13.0 Å². The number of fused-ring (bicyclic) bond motifs is 1. The molecule has 0 spiro atoms. The SMILES string of the molecule is COc1ccnc(C(=O)C[C@@H](C)C(=O)O[C@@H](C)[C@@H](Oc2cccc3ccccc23)C(C)C)c1OCOC(C)=O. The molecule has 0 saturated carbocycles. The number of aromatic nitrogens is 1. The van der Waals surface area contributed by atoms with Gasteiger partial charge in [0.15, 0.2) is 23.0 Å². The summed E-state index contributed by atoms with van der Waals surface area (Å²) in [6.45, 7) is 8.22. The molecule has 0 aliphatic rings. The van der Waals surface area contributed by atoms with Crippen LogP contribution in [-0.4, -0.2) is 48.8 Å². The monoisotopic (exact) mass is 537 g/mol. The molecule has 0 fully saturated rings. The minimum Gasteiger partial charge on any atom is -0.493 e. The van der Waals surface area contributed by atoms with Crippen LogP contribution in [-0.2, 0) is 19.1 Å². The van der Waals surface area contributed by atoms with Gasteiger partial charge in [0.25, 0.3) is 0 Å². The number of ether oxygens (including phenoxy) is 5. The smallest absolute Gasteiger partial charge is 0.309 e. The highest BCUT2D eigenvalue weighted by atomic mass is 16.7. The van der Waals surface area contributed by atoms with Crippen LogP contribution in [0.1, 0.15) is 51.5 Å². The first-order valence-corrected chi connectivity index (χ1v) is 12.8. The number of benzene rings is 2. The molecule has 3 aromatic rings. The maximum absolute atomic E-state index is 13.1. The number of Topliss-reactive ketones (excluding diaryl/α,β-unsaturated/α-hetero) is 1. The molecule has 9 nitrogen and oxygen atoms in total. The fourth-order valence-electron chi connectivity index (χ4n) is 4.14. The average molecular weight is 538 g/mol. The first-order valence-electron chi connectivity index (χ1n) is 12.8. The summed E-state index contributed by atoms with van der Waals surface area (Å²) in [4.78, 5) is 41.3. The fourth-order valence-corrected chi connectivity index (χ4v) is 4.14. The van der Waals surface area contributed by atoms with Crippen molar-refractivity contribution in [1.29, 1.82) is 0 Å². The largest absolute Gasteiger partial charge is 0.493 e. The third-order valence-corrected chi connectivity index (χ3v) is 6.15. The van der Waals surface area contributed by atoms with Crippen LogP contribution in [0.15, 0.2) is 54.7 Å². The van der Waals surface area contributed by atoms with E-state index in [0.29, 0.717) is 5.75 Å². The van der Waals surface area contributed by atoms with E-state index < -0.39 is 42.6 Å². The van der Waals surface area contributed by atoms with Crippen molar-refractivity contribution in [3.63, 3.8) is 0 Å². The minimum absolute atomic E-state index is 0.0311. The van der Waals surface area contributed by atoms with E-state index in [4.69, 9.17) is 23.7 Å². The van der Waals surface area contributed by atoms with E-state index in [9.17, 15) is 14.4 Å². The zero-order valence-electron chi connectivity index (χ0n) is 23.1. The lowest BCUT2D eigenvalue weighted by Crippen LogP contribution is -2.39. The number of hydrogen-bond donors (Lipinski definition) is 0. The Morgan fingerprint density at radius 1 is 0.923 bits per heavy atom. The van der Waals surface area contributed by atoms with Crippen molar-refractivity contribution in [3.8, 4) is 17.2 Å². The van der Waals surface area contributed by atoms with Crippen molar-refractivity contribution in [3.05, 3.63) is 60.4 Å². The Hall–Kier alpha value is -4.14. The first-order chi connectivity index (χ1) is 18.6. The molecule has 0 saturated heterocycles. The van der Waals surface area contributed by atoms with Crippen LogP contribution in [0.2, 0.25) is 0 Å². The van der Waals surface area contributed by atoms with Gasteiger partial charge < -0.3 is 23.7 Å². The van der Waals surface area contributed by atoms with Crippen LogP contribution < -0.4 is 14.2 Å². The van der Waals surface area contributed by atoms with Gasteiger partial charge in [-0.2, -0.15) is 0 Å². The summed E-state index contributed by atoms with van der Waals surface area (Å²) in [5.41, 5.74) is -0.0338. The summed E-state index contributed by atoms with van der Waals surface area (Å²) < 4.78 is 27.7. The average Bonchev–Trinajstić information content (AvgIpc) is 2.91. The number of carbonyl (C=O) groups excluding carboxylic acids is 3. The third kappa shape index (κ3) is 7.69. The highest BCUT2D eigenvalue weighted by Crippen LogP contribution is 2.32. The van der Waals surface area contributed by atoms with Crippen molar-refractivity contribution in [2.24, 2.45) is 11.8 Å². The maximum atomic E-state index is 13.1. The number of ketones is 1. The molecular weight excluding hydrogens is 502 g/mol. The summed E-state index contributed by atoms with van der Waals surface area (Å²) in [7, 11) is 1.41. The Kier molecular flexibility index (Phi) is 10.3. The van der Waals surface area contributed by atoms with Crippen molar-refractivity contribution in [2.75, 3.05) is 13.9 Å². The lowest BCUT2D eigenvalue weighted by atomic mass is 10.0. The van der Waals surface area contributed by atoms with Crippen molar-refractivity contribution in [2.45, 2.75) is 53.2 Å². The van der Waals surface area contributed by atoms with Gasteiger partial charge >= 0.3 is 11.9 Å². The van der Waals surface area contributed by atoms with Gasteiger partial charge in [-0.15, -0.1) is 0 Å². The second kappa shape index (κ2) is 13.6. The van der Waals surface area contributed by atoms with E-state index in [2.05, 4.69) is 4.98 Å². The molecule has 0 aliphatic carbocycles. The summed E-state index contributed by atoms with van der Waals surface area (Å²) in [6.07, 6.45) is 0.232. The molecule has 0 N–H and O–H groups in total. The Morgan fingerprint density at radius 3 is 2.33 bits per heavy atom. The van der Waals surface area contributed by atoms with E-state index in [1.54, 1.807) is 13.8 Å². The van der Waals surface area contributed by atoms with Crippen molar-refractivity contribution < 1.29 is 38.1 Å². The Morgan fingerprint density at radius 2 is 1.64 bits per heavy atom. The van der Waals surface area contributed by atoms with Gasteiger partial charge in [0.2, 0.25) is 6.79 Å². The van der Waals surface area contributed by atoms with Gasteiger partial charge in [-0.25, -0.2) is 4.98 Å². The molecule has 39 heavy (non-hydrogen) atoms. The predicted octanol–water partition coefficient (Wildman–Crippen LogP) is 5.39. The molecule has 0 aliphatic heterocycles. The number of pyridine rings is 1. The van der Waals surface area contributed by atoms with Crippen LogP contribution in [0.3, 0.4) is 0 Å². The predicted molar refractivity (Wildman–Crippen MR) is 145 cm³/mol. The van der Waals surface area contributed by atoms with Crippen LogP contribution >= 0.6 is 0 Å². The summed E-state index contributed by atoms with van der Waals surface area (Å²) in [5.74, 6) is -1.26. The Balaban J connectivity index is 1.68. The summed E-state index contributed by atoms with van der Waals surface area (Å²) >= 11 is 0. The lowest BCUT2D eigenvalue weighted by Gasteiger charge is -2.29. The molecule has 3 rings (SSSR count). The zero-order valence-corrected chi connectivity index (χ0v) is 23.1. The minimum atomic E-state index is -0.764. The zero-order chi connectivity index (χ0) is 28.5. The Labute approximate surface area is 228 Å². The van der Waals surface area contributed by atoms with E-state index in [0.717, 1.165) is 10.8 Å². The molecule has 0 radical (unpaired) electrons. The number of rotatable bonds is 13. The Bertz CT molecular complexity index is 1300. The maximum Gasteiger partial charge on any atom is 0.309 e. The van der Waals surface area contributed by atoms with Crippen molar-refractivity contribution in [1.82, 2.24) is 4.98 Å². The van der Waals surface area contributed by atoms with Gasteiger partial charge in [0, 0.05) is 31.0 Å². The third-order valence-electron chi connectivity index (χ3n) is 6.15. The van der Waals surface area contributed by atoms with Gasteiger partial charge in [-0.3, -0.25) is 14.4 Å². The number of carbonyl (C=O) groups is 3. The molecule has 2 aromatic carbocycles. The first kappa shape index (κ1) is 29.4. The number of nitrogens with zero attached hydrogens (tertiary/aromatic N) is 1. The van der Waals surface area contributed by atoms with E-state index in [1.165, 1.54) is 26.3 Å². The number of hydrogen-bond acceptors (Lipinski definition) is 9. The molecule has 208 valence electrons. The molecule has 9 heteroatoms. The highest BCUT2D eigenvalue weighted by molar-refractivity contribution is 5.99. The second-order valence-electron chi connectivity index (χ2n) is 9.56. The van der Waals surface area contributed by atoms with Gasteiger partial charge in [-0.1, -0.05) is 57.2 Å². The van der Waals surface area contributed by atoms with E-state index >= 15 is 0 Å². The molecule has 0 amide bonds. The quantitative estimate of drug-likeness (QED) is 0.161. The van der Waals surface area contributed by atoms with Crippen LogP contribution in [0.5, 0.6) is 17.2 Å². The molecule has 3 atom stereocenters. The summed E-state index contributed by atoms with van der Waals surface area (Å²) in [5, 5.41) is 2.03. The highest BCUT2D eigenvalue weighted by Gasteiger charge is 2.30. The van der Waals surface area contributed by atoms with E-state index in [-0.39, 0.29) is 29.5 Å². The molecule has 1 heterocycles. The molecular formula is C30H35NO8. The van der Waals surface area contributed by atoms with Crippen LogP contribution in [0.4, 0.5) is 0 Å². The number of methoxy groups -OCH3 is 1. The van der Waals surface area contributed by atoms with E-state index in [1.807, 2.05) is 56.3 Å². The molecule has 0 unspecified atom stereocenters. The lowest BCUT2D eigenvalue weighted by molar-refractivity contribution is -0.158. The standard InChI is InChI=1S/C30H35NO8/c1-18(2)28(39-25-13-9-11-22-10-7-8-12-23(22)25)20(4)38-30(34)19(3)16-24(33)27-29(37-17-36-21(5)32)26(35-6)14-15-31-27/h7-15,18-20,28H,16-17H2,1-6H3/t19-,20+,28+/m1/s1. The van der Waals surface area contributed by atoms with Gasteiger partial charge in [-0.05, 0) is 24.3 Å². The van der Waals surface area contributed by atoms with Crippen molar-refractivity contribution >= 4 is 28.5 Å². The normalized spacial score (nSPS) is 13.3. The molecule has 0 bridgehead atoms. The van der Waals surface area contributed by atoms with Crippen LogP contribution in [0.25, 0.3) is 10.8 Å². The summed E-state index contributed by atoms with van der Waals surface area (Å²) in [6, 6.07) is 15.3. The fraction of sp³-hybridized carbons (Fsp3) is 0.400. The van der Waals surface area contributed by atoms with Gasteiger partial charge in [0.1, 0.15) is 18.0 Å².